The molecule has 3 nitrogen and oxygen atoms in total. The molecule has 11 aromatic rings. The third-order valence-electron chi connectivity index (χ3n) is 12.7. The zero-order valence-corrected chi connectivity index (χ0v) is 30.7. The number of hydrogen-bond donors (Lipinski definition) is 0. The molecular formula is C54H31N3. The highest BCUT2D eigenvalue weighted by Crippen LogP contribution is 2.64. The maximum atomic E-state index is 5.00. The Morgan fingerprint density at radius 2 is 0.772 bits per heavy atom. The Balaban J connectivity index is 1.02. The molecule has 3 heteroatoms. The summed E-state index contributed by atoms with van der Waals surface area (Å²) in [5.41, 5.74) is 12.9. The van der Waals surface area contributed by atoms with Gasteiger partial charge in [-0.25, -0.2) is 15.0 Å². The van der Waals surface area contributed by atoms with Gasteiger partial charge >= 0.3 is 0 Å². The second kappa shape index (κ2) is 11.3. The maximum Gasteiger partial charge on any atom is 0.164 e. The third kappa shape index (κ3) is 4.02. The molecule has 0 fully saturated rings. The van der Waals surface area contributed by atoms with Gasteiger partial charge in [-0.2, -0.15) is 0 Å². The van der Waals surface area contributed by atoms with Crippen LogP contribution in [0, 0.1) is 0 Å². The van der Waals surface area contributed by atoms with Gasteiger partial charge in [0.05, 0.1) is 5.41 Å². The Morgan fingerprint density at radius 3 is 1.49 bits per heavy atom. The molecule has 0 saturated heterocycles. The summed E-state index contributed by atoms with van der Waals surface area (Å²) in [7, 11) is 0. The second-order valence-electron chi connectivity index (χ2n) is 15.4. The fraction of sp³-hybridized carbons (Fsp3) is 0.0185. The average molecular weight is 722 g/mol. The van der Waals surface area contributed by atoms with Crippen molar-refractivity contribution in [1.29, 1.82) is 0 Å². The lowest BCUT2D eigenvalue weighted by molar-refractivity contribution is 0.797. The lowest BCUT2D eigenvalue weighted by Gasteiger charge is -2.31. The summed E-state index contributed by atoms with van der Waals surface area (Å²) >= 11 is 0. The predicted octanol–water partition coefficient (Wildman–Crippen LogP) is 13.3. The molecule has 0 bridgehead atoms. The van der Waals surface area contributed by atoms with Crippen molar-refractivity contribution in [1.82, 2.24) is 15.0 Å². The van der Waals surface area contributed by atoms with Crippen LogP contribution in [0.25, 0.3) is 99.5 Å². The van der Waals surface area contributed by atoms with E-state index in [4.69, 9.17) is 15.0 Å². The van der Waals surface area contributed by atoms with Gasteiger partial charge in [-0.3, -0.25) is 0 Å². The Bertz CT molecular complexity index is 3390. The monoisotopic (exact) mass is 721 g/mol. The normalized spacial score (nSPS) is 15.1. The topological polar surface area (TPSA) is 38.7 Å². The fourth-order valence-corrected chi connectivity index (χ4v) is 10.4. The molecule has 2 aliphatic rings. The van der Waals surface area contributed by atoms with Crippen molar-refractivity contribution in [2.24, 2.45) is 0 Å². The minimum Gasteiger partial charge on any atom is -0.208 e. The molecule has 0 saturated carbocycles. The predicted molar refractivity (Wildman–Crippen MR) is 234 cm³/mol. The molecule has 1 atom stereocenters. The summed E-state index contributed by atoms with van der Waals surface area (Å²) < 4.78 is 0. The minimum absolute atomic E-state index is 0.437. The molecule has 0 aliphatic heterocycles. The highest BCUT2D eigenvalue weighted by atomic mass is 15.0. The Kier molecular flexibility index (Phi) is 6.10. The van der Waals surface area contributed by atoms with Crippen LogP contribution in [0.1, 0.15) is 22.3 Å². The van der Waals surface area contributed by atoms with Gasteiger partial charge in [-0.15, -0.1) is 0 Å². The van der Waals surface area contributed by atoms with Gasteiger partial charge < -0.3 is 0 Å². The Labute approximate surface area is 328 Å². The van der Waals surface area contributed by atoms with E-state index in [1.165, 1.54) is 82.0 Å². The van der Waals surface area contributed by atoms with Crippen LogP contribution in [0.3, 0.4) is 0 Å². The van der Waals surface area contributed by atoms with E-state index >= 15 is 0 Å². The molecular weight excluding hydrogens is 691 g/mol. The molecule has 0 N–H and O–H groups in total. The summed E-state index contributed by atoms with van der Waals surface area (Å²) in [5, 5.41) is 10.8. The molecule has 0 amide bonds. The van der Waals surface area contributed by atoms with Crippen LogP contribution >= 0.6 is 0 Å². The first kappa shape index (κ1) is 30.8. The summed E-state index contributed by atoms with van der Waals surface area (Å²) in [6.45, 7) is 0. The minimum atomic E-state index is -0.437. The third-order valence-corrected chi connectivity index (χ3v) is 12.7. The fourth-order valence-electron chi connectivity index (χ4n) is 10.4. The lowest BCUT2D eigenvalue weighted by Crippen LogP contribution is -2.26. The first-order valence-electron chi connectivity index (χ1n) is 19.6. The van der Waals surface area contributed by atoms with Crippen LogP contribution in [0.2, 0.25) is 0 Å². The van der Waals surface area contributed by atoms with Crippen molar-refractivity contribution in [3.8, 4) is 56.4 Å². The van der Waals surface area contributed by atoms with E-state index in [0.717, 1.165) is 22.3 Å². The first-order chi connectivity index (χ1) is 28.3. The summed E-state index contributed by atoms with van der Waals surface area (Å²) in [6.07, 6.45) is 0. The van der Waals surface area contributed by atoms with Gasteiger partial charge in [0, 0.05) is 16.7 Å². The summed E-state index contributed by atoms with van der Waals surface area (Å²) in [4.78, 5) is 14.9. The van der Waals surface area contributed by atoms with Crippen molar-refractivity contribution in [3.63, 3.8) is 0 Å². The van der Waals surface area contributed by atoms with E-state index in [-0.39, 0.29) is 0 Å². The van der Waals surface area contributed by atoms with Gasteiger partial charge in [0.15, 0.2) is 17.5 Å². The SMILES string of the molecule is c1ccc(-c2nc(-c3ccccc3)nc(-c3ccc(-c4cccc5c4-c4ccccc4C54c5cccc6c7cccc8ccc9ccc4c(c56)c9c87)cc3)n2)cc1. The Hall–Kier alpha value is -7.49. The van der Waals surface area contributed by atoms with E-state index in [2.05, 4.69) is 127 Å². The van der Waals surface area contributed by atoms with Crippen LogP contribution in [0.4, 0.5) is 0 Å². The van der Waals surface area contributed by atoms with E-state index in [0.29, 0.717) is 17.5 Å². The number of aromatic nitrogens is 3. The van der Waals surface area contributed by atoms with E-state index in [9.17, 15) is 0 Å². The quantitative estimate of drug-likeness (QED) is 0.134. The first-order valence-corrected chi connectivity index (χ1v) is 19.6. The average Bonchev–Trinajstić information content (AvgIpc) is 3.77. The van der Waals surface area contributed by atoms with Crippen LogP contribution in [-0.2, 0) is 5.41 Å². The largest absolute Gasteiger partial charge is 0.208 e. The summed E-state index contributed by atoms with van der Waals surface area (Å²) in [6, 6.07) is 68.3. The maximum absolute atomic E-state index is 5.00. The molecule has 262 valence electrons. The van der Waals surface area contributed by atoms with Crippen molar-refractivity contribution < 1.29 is 0 Å². The number of nitrogens with zero attached hydrogens (tertiary/aromatic N) is 3. The molecule has 57 heavy (non-hydrogen) atoms. The molecule has 2 aliphatic carbocycles. The Morgan fingerprint density at radius 1 is 0.281 bits per heavy atom. The van der Waals surface area contributed by atoms with Crippen molar-refractivity contribution in [3.05, 3.63) is 210 Å². The van der Waals surface area contributed by atoms with Gasteiger partial charge in [-0.05, 0) is 87.6 Å². The molecule has 1 heterocycles. The molecule has 1 spiro atoms. The van der Waals surface area contributed by atoms with Crippen molar-refractivity contribution in [2.45, 2.75) is 5.41 Å². The number of benzene rings is 10. The zero-order chi connectivity index (χ0) is 37.2. The standard InChI is InChI=1S/C54H31N3/c1-3-12-35(13-4-1)51-55-52(36-14-5-2-6-15-36)57-53(56-51)37-28-24-32(25-29-37)38-18-10-22-43-48(38)41-17-7-8-21-42(41)54(43)44-23-11-20-40-39-19-9-16-33-26-27-34-30-31-45(54)50(49(40)44)47(34)46(33)39/h1-31H. The highest BCUT2D eigenvalue weighted by Gasteiger charge is 2.51. The van der Waals surface area contributed by atoms with Crippen molar-refractivity contribution >= 4 is 43.1 Å². The van der Waals surface area contributed by atoms with Gasteiger partial charge in [0.1, 0.15) is 0 Å². The molecule has 13 rings (SSSR count). The molecule has 0 radical (unpaired) electrons. The summed E-state index contributed by atoms with van der Waals surface area (Å²) in [5.74, 6) is 1.97. The van der Waals surface area contributed by atoms with E-state index < -0.39 is 5.41 Å². The molecule has 1 aromatic heterocycles. The van der Waals surface area contributed by atoms with Gasteiger partial charge in [0.2, 0.25) is 0 Å². The number of fused-ring (bicyclic) bond motifs is 8. The van der Waals surface area contributed by atoms with Crippen LogP contribution in [-0.4, -0.2) is 15.0 Å². The van der Waals surface area contributed by atoms with Gasteiger partial charge in [0.25, 0.3) is 0 Å². The highest BCUT2D eigenvalue weighted by molar-refractivity contribution is 6.36. The smallest absolute Gasteiger partial charge is 0.164 e. The number of hydrogen-bond acceptors (Lipinski definition) is 3. The lowest BCUT2D eigenvalue weighted by atomic mass is 9.70. The van der Waals surface area contributed by atoms with Crippen LogP contribution in [0.15, 0.2) is 188 Å². The molecule has 1 unspecified atom stereocenters. The van der Waals surface area contributed by atoms with Gasteiger partial charge in [-0.1, -0.05) is 188 Å². The zero-order valence-electron chi connectivity index (χ0n) is 30.7. The van der Waals surface area contributed by atoms with E-state index in [1.54, 1.807) is 0 Å². The molecule has 10 aromatic carbocycles. The number of rotatable bonds is 4. The van der Waals surface area contributed by atoms with E-state index in [1.807, 2.05) is 60.7 Å². The van der Waals surface area contributed by atoms with Crippen LogP contribution < -0.4 is 0 Å². The van der Waals surface area contributed by atoms with Crippen LogP contribution in [0.5, 0.6) is 0 Å². The second-order valence-corrected chi connectivity index (χ2v) is 15.4. The van der Waals surface area contributed by atoms with Crippen molar-refractivity contribution in [2.75, 3.05) is 0 Å².